The van der Waals surface area contributed by atoms with Gasteiger partial charge in [-0.05, 0) is 24.0 Å². The van der Waals surface area contributed by atoms with E-state index in [4.69, 9.17) is 9.47 Å². The van der Waals surface area contributed by atoms with Gasteiger partial charge in [-0.3, -0.25) is 4.79 Å². The number of ether oxygens (including phenoxy) is 2. The van der Waals surface area contributed by atoms with E-state index in [0.29, 0.717) is 13.0 Å². The highest BCUT2D eigenvalue weighted by molar-refractivity contribution is 5.85. The van der Waals surface area contributed by atoms with Crippen LogP contribution in [0, 0.1) is 5.92 Å². The van der Waals surface area contributed by atoms with Gasteiger partial charge < -0.3 is 14.8 Å². The smallest absolute Gasteiger partial charge is 0.331 e. The first-order valence-corrected chi connectivity index (χ1v) is 9.61. The molecule has 2 atom stereocenters. The zero-order chi connectivity index (χ0) is 20.4. The van der Waals surface area contributed by atoms with Gasteiger partial charge in [-0.15, -0.1) is 0 Å². The molecule has 0 spiro atoms. The van der Waals surface area contributed by atoms with Gasteiger partial charge in [0, 0.05) is 6.42 Å². The number of nitrogens with one attached hydrogen (secondary N) is 1. The van der Waals surface area contributed by atoms with Crippen molar-refractivity contribution in [1.82, 2.24) is 5.32 Å². The second kappa shape index (κ2) is 11.2. The summed E-state index contributed by atoms with van der Waals surface area (Å²) in [7, 11) is 0. The van der Waals surface area contributed by atoms with Crippen LogP contribution in [-0.4, -0.2) is 24.0 Å². The molecule has 0 heterocycles. The molecule has 1 amide bonds. The predicted molar refractivity (Wildman–Crippen MR) is 108 cm³/mol. The van der Waals surface area contributed by atoms with Crippen molar-refractivity contribution in [3.05, 3.63) is 71.8 Å². The van der Waals surface area contributed by atoms with Gasteiger partial charge >= 0.3 is 5.97 Å². The number of carbonyl (C=O) groups excluding carboxylic acids is 2. The molecular weight excluding hydrogens is 354 g/mol. The van der Waals surface area contributed by atoms with Crippen molar-refractivity contribution < 1.29 is 19.1 Å². The van der Waals surface area contributed by atoms with E-state index < -0.39 is 18.1 Å². The molecule has 0 fully saturated rings. The molecule has 2 aromatic rings. The molecule has 1 N–H and O–H groups in total. The van der Waals surface area contributed by atoms with Gasteiger partial charge in [0.1, 0.15) is 6.61 Å². The molecule has 0 aliphatic carbocycles. The molecule has 0 aliphatic heterocycles. The molecule has 0 bridgehead atoms. The van der Waals surface area contributed by atoms with Crippen molar-refractivity contribution >= 4 is 11.9 Å². The van der Waals surface area contributed by atoms with E-state index in [1.807, 2.05) is 74.5 Å². The summed E-state index contributed by atoms with van der Waals surface area (Å²) in [6.45, 7) is 6.19. The topological polar surface area (TPSA) is 64.6 Å². The number of benzene rings is 2. The quantitative estimate of drug-likeness (QED) is 0.633. The SMILES string of the molecule is CC(C)CC(=O)NC(C(=O)OCc1ccccc1)C(C)OCc1ccccc1. The van der Waals surface area contributed by atoms with Crippen molar-refractivity contribution in [3.8, 4) is 0 Å². The average molecular weight is 383 g/mol. The summed E-state index contributed by atoms with van der Waals surface area (Å²) in [5, 5.41) is 2.78. The molecule has 5 heteroatoms. The molecule has 0 radical (unpaired) electrons. The van der Waals surface area contributed by atoms with Crippen LogP contribution in [0.15, 0.2) is 60.7 Å². The summed E-state index contributed by atoms with van der Waals surface area (Å²) in [6, 6.07) is 18.3. The van der Waals surface area contributed by atoms with E-state index in [2.05, 4.69) is 5.32 Å². The molecule has 0 aromatic heterocycles. The van der Waals surface area contributed by atoms with E-state index in [1.54, 1.807) is 6.92 Å². The molecule has 0 aliphatic rings. The largest absolute Gasteiger partial charge is 0.459 e. The van der Waals surface area contributed by atoms with Crippen LogP contribution in [0.2, 0.25) is 0 Å². The summed E-state index contributed by atoms with van der Waals surface area (Å²) in [4.78, 5) is 24.9. The van der Waals surface area contributed by atoms with Crippen LogP contribution >= 0.6 is 0 Å². The van der Waals surface area contributed by atoms with E-state index in [1.165, 1.54) is 0 Å². The first kappa shape index (κ1) is 21.6. The third-order valence-corrected chi connectivity index (χ3v) is 4.21. The lowest BCUT2D eigenvalue weighted by molar-refractivity contribution is -0.154. The molecule has 2 aromatic carbocycles. The number of rotatable bonds is 10. The minimum atomic E-state index is -0.862. The first-order chi connectivity index (χ1) is 13.5. The van der Waals surface area contributed by atoms with Crippen LogP contribution in [0.4, 0.5) is 0 Å². The normalized spacial score (nSPS) is 13.0. The monoisotopic (exact) mass is 383 g/mol. The summed E-state index contributed by atoms with van der Waals surface area (Å²) in [6.07, 6.45) is -0.187. The van der Waals surface area contributed by atoms with Crippen molar-refractivity contribution in [2.24, 2.45) is 5.92 Å². The fourth-order valence-corrected chi connectivity index (χ4v) is 2.69. The number of hydrogen-bond donors (Lipinski definition) is 1. The van der Waals surface area contributed by atoms with E-state index >= 15 is 0 Å². The highest BCUT2D eigenvalue weighted by atomic mass is 16.5. The van der Waals surface area contributed by atoms with Crippen molar-refractivity contribution in [1.29, 1.82) is 0 Å². The van der Waals surface area contributed by atoms with Crippen LogP contribution < -0.4 is 5.32 Å². The minimum absolute atomic E-state index is 0.154. The van der Waals surface area contributed by atoms with Crippen molar-refractivity contribution in [2.45, 2.75) is 52.6 Å². The van der Waals surface area contributed by atoms with Crippen LogP contribution in [0.5, 0.6) is 0 Å². The Hall–Kier alpha value is -2.66. The van der Waals surface area contributed by atoms with E-state index in [0.717, 1.165) is 11.1 Å². The Morgan fingerprint density at radius 2 is 1.39 bits per heavy atom. The van der Waals surface area contributed by atoms with Crippen LogP contribution in [-0.2, 0) is 32.3 Å². The van der Waals surface area contributed by atoms with E-state index in [-0.39, 0.29) is 18.4 Å². The maximum absolute atomic E-state index is 12.7. The highest BCUT2D eigenvalue weighted by Gasteiger charge is 2.29. The lowest BCUT2D eigenvalue weighted by atomic mass is 10.1. The third-order valence-electron chi connectivity index (χ3n) is 4.21. The first-order valence-electron chi connectivity index (χ1n) is 9.61. The summed E-state index contributed by atoms with van der Waals surface area (Å²) in [5.41, 5.74) is 1.89. The Kier molecular flexibility index (Phi) is 8.69. The van der Waals surface area contributed by atoms with Gasteiger partial charge in [0.25, 0.3) is 0 Å². The van der Waals surface area contributed by atoms with Crippen LogP contribution in [0.1, 0.15) is 38.3 Å². The minimum Gasteiger partial charge on any atom is -0.459 e. The number of hydrogen-bond acceptors (Lipinski definition) is 4. The molecule has 0 saturated heterocycles. The third kappa shape index (κ3) is 7.53. The summed E-state index contributed by atoms with van der Waals surface area (Å²) >= 11 is 0. The summed E-state index contributed by atoms with van der Waals surface area (Å²) < 4.78 is 11.3. The molecule has 150 valence electrons. The standard InChI is InChI=1S/C23H29NO4/c1-17(2)14-21(25)24-22(18(3)27-15-19-10-6-4-7-11-19)23(26)28-16-20-12-8-5-9-13-20/h4-13,17-18,22H,14-16H2,1-3H3,(H,24,25). The lowest BCUT2D eigenvalue weighted by Gasteiger charge is -2.24. The molecule has 5 nitrogen and oxygen atoms in total. The maximum atomic E-state index is 12.7. The Bertz CT molecular complexity index is 731. The Morgan fingerprint density at radius 3 is 1.93 bits per heavy atom. The Morgan fingerprint density at radius 1 is 0.857 bits per heavy atom. The van der Waals surface area contributed by atoms with Gasteiger partial charge in [-0.2, -0.15) is 0 Å². The molecule has 28 heavy (non-hydrogen) atoms. The summed E-state index contributed by atoms with van der Waals surface area (Å²) in [5.74, 6) is -0.491. The molecule has 2 rings (SSSR count). The zero-order valence-corrected chi connectivity index (χ0v) is 16.8. The lowest BCUT2D eigenvalue weighted by Crippen LogP contribution is -2.49. The predicted octanol–water partition coefficient (Wildman–Crippen LogP) is 3.87. The molecule has 0 saturated carbocycles. The fourth-order valence-electron chi connectivity index (χ4n) is 2.69. The van der Waals surface area contributed by atoms with Gasteiger partial charge in [0.15, 0.2) is 6.04 Å². The maximum Gasteiger partial charge on any atom is 0.331 e. The van der Waals surface area contributed by atoms with Gasteiger partial charge in [0.2, 0.25) is 5.91 Å². The average Bonchev–Trinajstić information content (AvgIpc) is 2.69. The van der Waals surface area contributed by atoms with Gasteiger partial charge in [-0.25, -0.2) is 4.79 Å². The van der Waals surface area contributed by atoms with Crippen molar-refractivity contribution in [2.75, 3.05) is 0 Å². The second-order valence-electron chi connectivity index (χ2n) is 7.24. The fraction of sp³-hybridized carbons (Fsp3) is 0.391. The number of esters is 1. The molecule has 2 unspecified atom stereocenters. The van der Waals surface area contributed by atoms with E-state index in [9.17, 15) is 9.59 Å². The van der Waals surface area contributed by atoms with Gasteiger partial charge in [0.05, 0.1) is 12.7 Å². The van der Waals surface area contributed by atoms with Crippen LogP contribution in [0.3, 0.4) is 0 Å². The Balaban J connectivity index is 1.99. The van der Waals surface area contributed by atoms with Crippen LogP contribution in [0.25, 0.3) is 0 Å². The highest BCUT2D eigenvalue weighted by Crippen LogP contribution is 2.10. The van der Waals surface area contributed by atoms with Crippen molar-refractivity contribution in [3.63, 3.8) is 0 Å². The number of amides is 1. The Labute approximate surface area is 167 Å². The van der Waals surface area contributed by atoms with Gasteiger partial charge in [-0.1, -0.05) is 74.5 Å². The molecular formula is C23H29NO4. The number of carbonyl (C=O) groups is 2. The zero-order valence-electron chi connectivity index (χ0n) is 16.8. The second-order valence-corrected chi connectivity index (χ2v) is 7.24.